The molecule has 0 aliphatic heterocycles. The predicted octanol–water partition coefficient (Wildman–Crippen LogP) is 1.63. The Kier molecular flexibility index (Phi) is 10.2. The van der Waals surface area contributed by atoms with Crippen molar-refractivity contribution in [2.45, 2.75) is 50.2 Å². The van der Waals surface area contributed by atoms with Crippen molar-refractivity contribution in [3.8, 4) is 0 Å². The molecule has 0 saturated heterocycles. The molecule has 6 nitrogen and oxygen atoms in total. The molecule has 1 amide bonds. The van der Waals surface area contributed by atoms with E-state index in [0.717, 1.165) is 23.3 Å². The molecule has 1 N–H and O–H groups in total. The number of amides is 1. The van der Waals surface area contributed by atoms with Crippen LogP contribution in [0.5, 0.6) is 0 Å². The van der Waals surface area contributed by atoms with E-state index in [1.165, 1.54) is 15.9 Å². The Labute approximate surface area is 219 Å². The van der Waals surface area contributed by atoms with Gasteiger partial charge < -0.3 is 10.7 Å². The van der Waals surface area contributed by atoms with Crippen LogP contribution in [0.2, 0.25) is 0 Å². The average molecular weight is 507 g/mol. The van der Waals surface area contributed by atoms with Gasteiger partial charge in [-0.3, -0.25) is 4.79 Å². The van der Waals surface area contributed by atoms with Gasteiger partial charge >= 0.3 is 35.7 Å². The summed E-state index contributed by atoms with van der Waals surface area (Å²) >= 11 is 0. The number of carbonyl (C=O) groups is 1. The number of hydroxylamine groups is 1. The number of halogens is 3. The van der Waals surface area contributed by atoms with Crippen molar-refractivity contribution in [3.63, 3.8) is 0 Å². The number of aryl methyl sites for hydroxylation is 1. The summed E-state index contributed by atoms with van der Waals surface area (Å²) in [5.74, 6) is -1.05. The number of sulfonamides is 1. The summed E-state index contributed by atoms with van der Waals surface area (Å²) < 4.78 is 67.8. The minimum atomic E-state index is -4.66. The molecule has 0 spiro atoms. The van der Waals surface area contributed by atoms with Gasteiger partial charge in [-0.25, -0.2) is 8.42 Å². The minimum absolute atomic E-state index is 0. The molecule has 2 aromatic rings. The van der Waals surface area contributed by atoms with E-state index >= 15 is 0 Å². The fraction of sp³-hybridized carbons (Fsp3) is 0.435. The van der Waals surface area contributed by atoms with Gasteiger partial charge in [0, 0.05) is 19.0 Å². The van der Waals surface area contributed by atoms with Gasteiger partial charge in [-0.1, -0.05) is 30.3 Å². The third-order valence-corrected chi connectivity index (χ3v) is 7.99. The third kappa shape index (κ3) is 7.05. The zero-order valence-corrected chi connectivity index (χ0v) is 22.0. The molecule has 1 fully saturated rings. The van der Waals surface area contributed by atoms with Crippen molar-refractivity contribution in [1.29, 1.82) is 0 Å². The van der Waals surface area contributed by atoms with Crippen molar-refractivity contribution in [1.82, 2.24) is 9.79 Å². The molecular formula is C23H26F3N2NaO4S. The van der Waals surface area contributed by atoms with Gasteiger partial charge in [0.25, 0.3) is 0 Å². The normalized spacial score (nSPS) is 18.9. The van der Waals surface area contributed by atoms with E-state index < -0.39 is 38.5 Å². The van der Waals surface area contributed by atoms with E-state index in [1.54, 1.807) is 12.1 Å². The zero-order valence-electron chi connectivity index (χ0n) is 19.1. The van der Waals surface area contributed by atoms with Gasteiger partial charge in [0.15, 0.2) is 0 Å². The summed E-state index contributed by atoms with van der Waals surface area (Å²) in [4.78, 5) is 11.2. The number of carbonyl (C=O) groups excluding carboxylic acids is 1. The summed E-state index contributed by atoms with van der Waals surface area (Å²) in [6.07, 6.45) is -2.66. The number of nitrogens with one attached hydrogen (secondary N) is 1. The van der Waals surface area contributed by atoms with Gasteiger partial charge in [0.05, 0.1) is 10.5 Å². The quantitative estimate of drug-likeness (QED) is 0.457. The topological polar surface area (TPSA) is 89.5 Å². The Hall–Kier alpha value is -1.43. The van der Waals surface area contributed by atoms with E-state index in [-0.39, 0.29) is 48.6 Å². The molecule has 0 atom stereocenters. The summed E-state index contributed by atoms with van der Waals surface area (Å²) in [7, 11) is -4.23. The second kappa shape index (κ2) is 12.0. The fourth-order valence-corrected chi connectivity index (χ4v) is 5.73. The number of rotatable bonds is 7. The number of hydrogen-bond acceptors (Lipinski definition) is 4. The van der Waals surface area contributed by atoms with E-state index in [0.29, 0.717) is 31.7 Å². The van der Waals surface area contributed by atoms with Gasteiger partial charge in [-0.05, 0) is 67.9 Å². The molecule has 180 valence electrons. The van der Waals surface area contributed by atoms with Crippen molar-refractivity contribution in [2.75, 3.05) is 6.54 Å². The van der Waals surface area contributed by atoms with E-state index in [9.17, 15) is 31.6 Å². The van der Waals surface area contributed by atoms with Crippen LogP contribution in [0.3, 0.4) is 0 Å². The molecule has 1 aliphatic carbocycles. The first-order chi connectivity index (χ1) is 15.5. The smallest absolute Gasteiger partial charge is 0.759 e. The molecule has 11 heteroatoms. The van der Waals surface area contributed by atoms with Crippen LogP contribution in [0.15, 0.2) is 53.4 Å². The van der Waals surface area contributed by atoms with Crippen LogP contribution in [0.1, 0.15) is 42.4 Å². The number of benzene rings is 2. The molecule has 0 aromatic heterocycles. The van der Waals surface area contributed by atoms with Crippen molar-refractivity contribution >= 4 is 15.9 Å². The summed E-state index contributed by atoms with van der Waals surface area (Å²) in [5, 5.41) is 10.6. The van der Waals surface area contributed by atoms with Crippen LogP contribution in [-0.4, -0.2) is 25.2 Å². The molecule has 3 rings (SSSR count). The third-order valence-electron chi connectivity index (χ3n) is 6.19. The van der Waals surface area contributed by atoms with Crippen molar-refractivity contribution in [2.24, 2.45) is 11.8 Å². The average Bonchev–Trinajstić information content (AvgIpc) is 2.79. The number of nitrogens with zero attached hydrogens (tertiary/aromatic N) is 1. The van der Waals surface area contributed by atoms with Crippen LogP contribution in [0.4, 0.5) is 13.2 Å². The summed E-state index contributed by atoms with van der Waals surface area (Å²) in [6, 6.07) is 11.0. The van der Waals surface area contributed by atoms with E-state index in [2.05, 4.69) is 0 Å². The molecule has 1 aliphatic rings. The first kappa shape index (κ1) is 28.8. The fourth-order valence-electron chi connectivity index (χ4n) is 4.19. The Morgan fingerprint density at radius 2 is 1.74 bits per heavy atom. The molecular weight excluding hydrogens is 480 g/mol. The van der Waals surface area contributed by atoms with Crippen LogP contribution in [-0.2, 0) is 27.5 Å². The Balaban J connectivity index is 0.00000408. The minimum Gasteiger partial charge on any atom is -0.759 e. The molecule has 0 unspecified atom stereocenters. The van der Waals surface area contributed by atoms with E-state index in [4.69, 9.17) is 0 Å². The molecule has 0 radical (unpaired) electrons. The SMILES string of the molecule is Cc1ccccc1CN(CC1CCC(C(=O)N[O-])CC1)S(=O)(=O)c1cccc(C(F)(F)F)c1.[Na+]. The molecule has 0 heterocycles. The summed E-state index contributed by atoms with van der Waals surface area (Å²) in [6.45, 7) is 1.97. The van der Waals surface area contributed by atoms with E-state index in [1.807, 2.05) is 19.1 Å². The predicted molar refractivity (Wildman–Crippen MR) is 117 cm³/mol. The Morgan fingerprint density at radius 1 is 1.09 bits per heavy atom. The van der Waals surface area contributed by atoms with Gasteiger partial charge in [-0.2, -0.15) is 17.5 Å². The number of alkyl halides is 3. The molecule has 2 aromatic carbocycles. The first-order valence-corrected chi connectivity index (χ1v) is 12.1. The molecule has 34 heavy (non-hydrogen) atoms. The maximum absolute atomic E-state index is 13.5. The second-order valence-corrected chi connectivity index (χ2v) is 10.4. The number of hydrogen-bond donors (Lipinski definition) is 1. The second-order valence-electron chi connectivity index (χ2n) is 8.43. The summed E-state index contributed by atoms with van der Waals surface area (Å²) in [5.41, 5.74) is 2.01. The van der Waals surface area contributed by atoms with Crippen LogP contribution in [0, 0.1) is 24.0 Å². The van der Waals surface area contributed by atoms with Crippen molar-refractivity contribution < 1.29 is 55.9 Å². The monoisotopic (exact) mass is 506 g/mol. The largest absolute Gasteiger partial charge is 1.00 e. The zero-order chi connectivity index (χ0) is 24.2. The first-order valence-electron chi connectivity index (χ1n) is 10.7. The Morgan fingerprint density at radius 3 is 2.32 bits per heavy atom. The van der Waals surface area contributed by atoms with Crippen LogP contribution in [0.25, 0.3) is 0 Å². The van der Waals surface area contributed by atoms with Crippen LogP contribution >= 0.6 is 0 Å². The molecule has 0 bridgehead atoms. The Bertz CT molecular complexity index is 1090. The maximum atomic E-state index is 13.5. The molecule has 1 saturated carbocycles. The van der Waals surface area contributed by atoms with Crippen LogP contribution < -0.4 is 35.0 Å². The maximum Gasteiger partial charge on any atom is 1.00 e. The standard InChI is InChI=1S/C23H26F3N2O4S.Na/c1-16-5-2-3-6-19(16)15-28(14-17-9-11-18(12-10-17)22(29)27-30)33(31,32)21-8-4-7-20(13-21)23(24,25)26;/h2-8,13,17-18H,9-12,14-15H2,1H3,(H-,27,29,30);/q-1;+1. The van der Waals surface area contributed by atoms with Gasteiger partial charge in [-0.15, -0.1) is 0 Å². The van der Waals surface area contributed by atoms with Gasteiger partial charge in [0.2, 0.25) is 15.9 Å². The van der Waals surface area contributed by atoms with Crippen molar-refractivity contribution in [3.05, 3.63) is 70.4 Å². The van der Waals surface area contributed by atoms with Gasteiger partial charge in [0.1, 0.15) is 0 Å².